The van der Waals surface area contributed by atoms with Crippen molar-refractivity contribution >= 4 is 11.6 Å². The van der Waals surface area contributed by atoms with Gasteiger partial charge in [0.15, 0.2) is 5.69 Å². The highest BCUT2D eigenvalue weighted by molar-refractivity contribution is 6.30. The standard InChI is InChI=1S/C20H15ClN4O2/c21-15-8-4-7-14(9-15)19-22-20(27-24-19)17-10-16-12-26-18(11-25(16)23-17)13-5-2-1-3-6-13/h1-10,18H,11-12H2. The third-order valence-electron chi connectivity index (χ3n) is 4.53. The van der Waals surface area contributed by atoms with Gasteiger partial charge in [-0.1, -0.05) is 59.2 Å². The van der Waals surface area contributed by atoms with E-state index in [2.05, 4.69) is 27.4 Å². The molecule has 1 atom stereocenters. The minimum Gasteiger partial charge on any atom is -0.365 e. The lowest BCUT2D eigenvalue weighted by Gasteiger charge is -2.24. The van der Waals surface area contributed by atoms with Crippen molar-refractivity contribution in [1.29, 1.82) is 0 Å². The first-order chi connectivity index (χ1) is 13.3. The molecule has 1 aliphatic heterocycles. The maximum Gasteiger partial charge on any atom is 0.278 e. The normalized spacial score (nSPS) is 16.3. The molecule has 1 aliphatic rings. The van der Waals surface area contributed by atoms with Gasteiger partial charge in [-0.25, -0.2) is 0 Å². The van der Waals surface area contributed by atoms with E-state index in [-0.39, 0.29) is 6.10 Å². The van der Waals surface area contributed by atoms with Crippen LogP contribution < -0.4 is 0 Å². The molecule has 27 heavy (non-hydrogen) atoms. The van der Waals surface area contributed by atoms with Crippen LogP contribution in [-0.2, 0) is 17.9 Å². The number of hydrogen-bond donors (Lipinski definition) is 0. The number of rotatable bonds is 3. The van der Waals surface area contributed by atoms with E-state index in [0.717, 1.165) is 16.8 Å². The van der Waals surface area contributed by atoms with Crippen LogP contribution in [0.4, 0.5) is 0 Å². The minimum atomic E-state index is -0.0174. The second kappa shape index (κ2) is 6.64. The molecule has 4 aromatic rings. The molecule has 7 heteroatoms. The molecule has 0 radical (unpaired) electrons. The van der Waals surface area contributed by atoms with Gasteiger partial charge in [0.2, 0.25) is 5.82 Å². The molecular formula is C20H15ClN4O2. The lowest BCUT2D eigenvalue weighted by atomic mass is 10.1. The van der Waals surface area contributed by atoms with Crippen molar-refractivity contribution in [2.24, 2.45) is 0 Å². The van der Waals surface area contributed by atoms with E-state index in [9.17, 15) is 0 Å². The van der Waals surface area contributed by atoms with Crippen LogP contribution in [-0.4, -0.2) is 19.9 Å². The fraction of sp³-hybridized carbons (Fsp3) is 0.150. The molecule has 2 aromatic carbocycles. The molecule has 0 N–H and O–H groups in total. The van der Waals surface area contributed by atoms with Gasteiger partial charge >= 0.3 is 0 Å². The Balaban J connectivity index is 1.41. The van der Waals surface area contributed by atoms with Gasteiger partial charge in [0.1, 0.15) is 6.10 Å². The van der Waals surface area contributed by atoms with Gasteiger partial charge in [-0.15, -0.1) is 0 Å². The predicted molar refractivity (Wildman–Crippen MR) is 99.9 cm³/mol. The number of benzene rings is 2. The number of nitrogens with zero attached hydrogens (tertiary/aromatic N) is 4. The third kappa shape index (κ3) is 3.13. The molecular weight excluding hydrogens is 364 g/mol. The Morgan fingerprint density at radius 1 is 1.04 bits per heavy atom. The molecule has 0 amide bonds. The molecule has 0 spiro atoms. The third-order valence-corrected chi connectivity index (χ3v) is 4.77. The lowest BCUT2D eigenvalue weighted by molar-refractivity contribution is -0.00113. The Hall–Kier alpha value is -2.96. The monoisotopic (exact) mass is 378 g/mol. The van der Waals surface area contributed by atoms with Crippen molar-refractivity contribution < 1.29 is 9.26 Å². The number of ether oxygens (including phenoxy) is 1. The summed E-state index contributed by atoms with van der Waals surface area (Å²) in [7, 11) is 0. The maximum absolute atomic E-state index is 6.04. The van der Waals surface area contributed by atoms with Gasteiger partial charge in [-0.3, -0.25) is 4.68 Å². The molecule has 0 fully saturated rings. The fourth-order valence-electron chi connectivity index (χ4n) is 3.17. The highest BCUT2D eigenvalue weighted by atomic mass is 35.5. The molecule has 5 rings (SSSR count). The topological polar surface area (TPSA) is 66.0 Å². The summed E-state index contributed by atoms with van der Waals surface area (Å²) in [4.78, 5) is 4.46. The van der Waals surface area contributed by atoms with E-state index < -0.39 is 0 Å². The predicted octanol–water partition coefficient (Wildman–Crippen LogP) is 4.53. The van der Waals surface area contributed by atoms with E-state index >= 15 is 0 Å². The molecule has 0 saturated carbocycles. The second-order valence-electron chi connectivity index (χ2n) is 6.35. The SMILES string of the molecule is Clc1cccc(-c2noc(-c3cc4n(n3)CC(c3ccccc3)OC4)n2)c1. The Kier molecular flexibility index (Phi) is 3.99. The van der Waals surface area contributed by atoms with Crippen LogP contribution in [0.3, 0.4) is 0 Å². The van der Waals surface area contributed by atoms with Crippen LogP contribution in [0.2, 0.25) is 5.02 Å². The van der Waals surface area contributed by atoms with Crippen LogP contribution in [0, 0.1) is 0 Å². The van der Waals surface area contributed by atoms with Crippen molar-refractivity contribution in [1.82, 2.24) is 19.9 Å². The van der Waals surface area contributed by atoms with Crippen LogP contribution in [0.1, 0.15) is 17.4 Å². The summed E-state index contributed by atoms with van der Waals surface area (Å²) in [5, 5.41) is 9.31. The average Bonchev–Trinajstić information content (AvgIpc) is 3.35. The molecule has 134 valence electrons. The zero-order valence-electron chi connectivity index (χ0n) is 14.2. The number of halogens is 1. The van der Waals surface area contributed by atoms with E-state index in [1.807, 2.05) is 41.1 Å². The smallest absolute Gasteiger partial charge is 0.278 e. The van der Waals surface area contributed by atoms with Crippen LogP contribution in [0.25, 0.3) is 23.0 Å². The summed E-state index contributed by atoms with van der Waals surface area (Å²) in [5.74, 6) is 0.861. The first-order valence-electron chi connectivity index (χ1n) is 8.59. The molecule has 3 heterocycles. The molecule has 6 nitrogen and oxygen atoms in total. The van der Waals surface area contributed by atoms with Gasteiger partial charge in [0.05, 0.1) is 18.8 Å². The van der Waals surface area contributed by atoms with Crippen molar-refractivity contribution in [3.05, 3.63) is 76.9 Å². The van der Waals surface area contributed by atoms with Crippen molar-refractivity contribution in [3.63, 3.8) is 0 Å². The van der Waals surface area contributed by atoms with Crippen molar-refractivity contribution in [3.8, 4) is 23.0 Å². The molecule has 0 saturated heterocycles. The van der Waals surface area contributed by atoms with Crippen molar-refractivity contribution in [2.75, 3.05) is 0 Å². The Bertz CT molecular complexity index is 1090. The quantitative estimate of drug-likeness (QED) is 0.524. The van der Waals surface area contributed by atoms with Gasteiger partial charge < -0.3 is 9.26 Å². The van der Waals surface area contributed by atoms with E-state index in [1.165, 1.54) is 0 Å². The number of aromatic nitrogens is 4. The Morgan fingerprint density at radius 3 is 2.78 bits per heavy atom. The number of hydrogen-bond acceptors (Lipinski definition) is 5. The van der Waals surface area contributed by atoms with Gasteiger partial charge in [0.25, 0.3) is 5.89 Å². The molecule has 0 bridgehead atoms. The first-order valence-corrected chi connectivity index (χ1v) is 8.97. The molecule has 0 aliphatic carbocycles. The highest BCUT2D eigenvalue weighted by Gasteiger charge is 2.24. The summed E-state index contributed by atoms with van der Waals surface area (Å²) in [6, 6.07) is 19.4. The second-order valence-corrected chi connectivity index (χ2v) is 6.78. The molecule has 2 aromatic heterocycles. The summed E-state index contributed by atoms with van der Waals surface area (Å²) in [6.07, 6.45) is -0.0174. The maximum atomic E-state index is 6.04. The zero-order chi connectivity index (χ0) is 18.2. The van der Waals surface area contributed by atoms with E-state index in [1.54, 1.807) is 12.1 Å². The van der Waals surface area contributed by atoms with E-state index in [0.29, 0.717) is 35.6 Å². The summed E-state index contributed by atoms with van der Waals surface area (Å²) >= 11 is 6.04. The largest absolute Gasteiger partial charge is 0.365 e. The summed E-state index contributed by atoms with van der Waals surface area (Å²) in [6.45, 7) is 1.14. The van der Waals surface area contributed by atoms with Gasteiger partial charge in [-0.05, 0) is 23.8 Å². The van der Waals surface area contributed by atoms with Crippen molar-refractivity contribution in [2.45, 2.75) is 19.3 Å². The van der Waals surface area contributed by atoms with Gasteiger partial charge in [0, 0.05) is 10.6 Å². The highest BCUT2D eigenvalue weighted by Crippen LogP contribution is 2.29. The van der Waals surface area contributed by atoms with Crippen LogP contribution >= 0.6 is 11.6 Å². The Labute approximate surface area is 160 Å². The van der Waals surface area contributed by atoms with E-state index in [4.69, 9.17) is 20.9 Å². The van der Waals surface area contributed by atoms with Gasteiger partial charge in [-0.2, -0.15) is 10.1 Å². The number of fused-ring (bicyclic) bond motifs is 1. The fourth-order valence-corrected chi connectivity index (χ4v) is 3.36. The zero-order valence-corrected chi connectivity index (χ0v) is 15.0. The first kappa shape index (κ1) is 16.2. The Morgan fingerprint density at radius 2 is 1.93 bits per heavy atom. The molecule has 1 unspecified atom stereocenters. The van der Waals surface area contributed by atoms with Crippen LogP contribution in [0.15, 0.2) is 65.2 Å². The minimum absolute atomic E-state index is 0.0174. The summed E-state index contributed by atoms with van der Waals surface area (Å²) < 4.78 is 13.3. The van der Waals surface area contributed by atoms with Crippen LogP contribution in [0.5, 0.6) is 0 Å². The summed E-state index contributed by atoms with van der Waals surface area (Å²) in [5.41, 5.74) is 3.57. The lowest BCUT2D eigenvalue weighted by Crippen LogP contribution is -2.21. The average molecular weight is 379 g/mol.